The molecule has 0 spiro atoms. The molecule has 1 N–H and O–H groups in total. The van der Waals surface area contributed by atoms with Crippen LogP contribution in [0.2, 0.25) is 0 Å². The summed E-state index contributed by atoms with van der Waals surface area (Å²) in [6, 6.07) is 4.25. The van der Waals surface area contributed by atoms with Gasteiger partial charge in [-0.15, -0.1) is 0 Å². The summed E-state index contributed by atoms with van der Waals surface area (Å²) in [6.07, 6.45) is 5.84. The second kappa shape index (κ2) is 5.88. The first-order chi connectivity index (χ1) is 9.07. The predicted molar refractivity (Wildman–Crippen MR) is 80.5 cm³/mol. The summed E-state index contributed by atoms with van der Waals surface area (Å²) in [5.74, 6) is 1.07. The maximum absolute atomic E-state index is 4.50. The maximum Gasteiger partial charge on any atom is 0.128 e. The summed E-state index contributed by atoms with van der Waals surface area (Å²) < 4.78 is 0. The first-order valence-electron chi connectivity index (χ1n) is 7.05. The van der Waals surface area contributed by atoms with E-state index >= 15 is 0 Å². The molecule has 4 nitrogen and oxygen atoms in total. The topological polar surface area (TPSA) is 31.4 Å². The Morgan fingerprint density at radius 1 is 1.32 bits per heavy atom. The van der Waals surface area contributed by atoms with Gasteiger partial charge in [-0.25, -0.2) is 4.98 Å². The molecule has 1 saturated carbocycles. The van der Waals surface area contributed by atoms with E-state index in [1.807, 2.05) is 13.2 Å². The Balaban J connectivity index is 2.06. The van der Waals surface area contributed by atoms with Gasteiger partial charge in [-0.05, 0) is 58.1 Å². The molecule has 1 aromatic heterocycles. The molecular weight excluding hydrogens is 236 g/mol. The molecule has 0 saturated heterocycles. The monoisotopic (exact) mass is 262 g/mol. The fraction of sp³-hybridized carbons (Fsp3) is 0.667. The molecule has 0 radical (unpaired) electrons. The zero-order chi connectivity index (χ0) is 13.9. The molecule has 0 amide bonds. The molecule has 1 heterocycles. The Morgan fingerprint density at radius 3 is 2.58 bits per heavy atom. The van der Waals surface area contributed by atoms with Crippen molar-refractivity contribution in [1.29, 1.82) is 0 Å². The van der Waals surface area contributed by atoms with Crippen molar-refractivity contribution in [2.75, 3.05) is 39.6 Å². The summed E-state index contributed by atoms with van der Waals surface area (Å²) in [6.45, 7) is 1.94. The molecule has 4 heteroatoms. The molecule has 2 rings (SSSR count). The van der Waals surface area contributed by atoms with Gasteiger partial charge >= 0.3 is 0 Å². The lowest BCUT2D eigenvalue weighted by Crippen LogP contribution is -2.56. The zero-order valence-corrected chi connectivity index (χ0v) is 12.6. The van der Waals surface area contributed by atoms with Crippen molar-refractivity contribution in [2.24, 2.45) is 0 Å². The molecule has 1 aromatic rings. The third kappa shape index (κ3) is 3.07. The number of hydrogen-bond acceptors (Lipinski definition) is 4. The molecule has 0 unspecified atom stereocenters. The highest BCUT2D eigenvalue weighted by Gasteiger charge is 2.40. The number of anilines is 1. The Hall–Kier alpha value is -1.13. The average Bonchev–Trinajstić information content (AvgIpc) is 2.34. The number of nitrogens with zero attached hydrogens (tertiary/aromatic N) is 3. The third-order valence-corrected chi connectivity index (χ3v) is 4.35. The highest BCUT2D eigenvalue weighted by Crippen LogP contribution is 2.37. The van der Waals surface area contributed by atoms with E-state index in [2.05, 4.69) is 53.4 Å². The van der Waals surface area contributed by atoms with Crippen molar-refractivity contribution in [3.63, 3.8) is 0 Å². The highest BCUT2D eigenvalue weighted by molar-refractivity contribution is 5.41. The first-order valence-corrected chi connectivity index (χ1v) is 7.05. The van der Waals surface area contributed by atoms with Gasteiger partial charge in [-0.3, -0.25) is 0 Å². The smallest absolute Gasteiger partial charge is 0.128 e. The highest BCUT2D eigenvalue weighted by atomic mass is 15.2. The van der Waals surface area contributed by atoms with Gasteiger partial charge in [0, 0.05) is 31.9 Å². The molecule has 1 aliphatic rings. The van der Waals surface area contributed by atoms with E-state index in [1.54, 1.807) is 0 Å². The van der Waals surface area contributed by atoms with Gasteiger partial charge in [-0.2, -0.15) is 0 Å². The van der Waals surface area contributed by atoms with E-state index in [-0.39, 0.29) is 0 Å². The number of hydrogen-bond donors (Lipinski definition) is 1. The standard InChI is InChI=1S/C15H26N4/c1-16-11-13-6-9-17-14(10-13)19(4)12-15(18(2)3)7-5-8-15/h6,9-10,16H,5,7-8,11-12H2,1-4H3. The Labute approximate surface area is 116 Å². The van der Waals surface area contributed by atoms with Gasteiger partial charge < -0.3 is 15.1 Å². The first kappa shape index (κ1) is 14.3. The van der Waals surface area contributed by atoms with Crippen LogP contribution in [0.4, 0.5) is 5.82 Å². The molecule has 19 heavy (non-hydrogen) atoms. The van der Waals surface area contributed by atoms with Crippen molar-refractivity contribution >= 4 is 5.82 Å². The van der Waals surface area contributed by atoms with E-state index in [4.69, 9.17) is 0 Å². The summed E-state index contributed by atoms with van der Waals surface area (Å²) in [4.78, 5) is 9.17. The fourth-order valence-corrected chi connectivity index (χ4v) is 2.84. The minimum Gasteiger partial charge on any atom is -0.358 e. The molecule has 1 aliphatic carbocycles. The summed E-state index contributed by atoms with van der Waals surface area (Å²) in [5.41, 5.74) is 1.63. The van der Waals surface area contributed by atoms with Crippen molar-refractivity contribution in [3.8, 4) is 0 Å². The molecule has 0 bridgehead atoms. The molecule has 106 valence electrons. The zero-order valence-electron chi connectivity index (χ0n) is 12.6. The molecule has 0 atom stereocenters. The SMILES string of the molecule is CNCc1ccnc(N(C)CC2(N(C)C)CCC2)c1. The summed E-state index contributed by atoms with van der Waals surface area (Å²) in [7, 11) is 8.50. The van der Waals surface area contributed by atoms with Crippen LogP contribution < -0.4 is 10.2 Å². The van der Waals surface area contributed by atoms with Gasteiger partial charge in [0.1, 0.15) is 5.82 Å². The van der Waals surface area contributed by atoms with Crippen LogP contribution in [0.25, 0.3) is 0 Å². The van der Waals surface area contributed by atoms with Crippen LogP contribution in [-0.4, -0.2) is 50.2 Å². The van der Waals surface area contributed by atoms with Gasteiger partial charge in [0.05, 0.1) is 0 Å². The third-order valence-electron chi connectivity index (χ3n) is 4.35. The molecule has 0 aromatic carbocycles. The van der Waals surface area contributed by atoms with Crippen molar-refractivity contribution < 1.29 is 0 Å². The average molecular weight is 262 g/mol. The van der Waals surface area contributed by atoms with E-state index in [1.165, 1.54) is 24.8 Å². The summed E-state index contributed by atoms with van der Waals surface area (Å²) in [5, 5.41) is 3.18. The van der Waals surface area contributed by atoms with E-state index in [0.29, 0.717) is 5.54 Å². The number of rotatable bonds is 6. The largest absolute Gasteiger partial charge is 0.358 e. The molecular formula is C15H26N4. The van der Waals surface area contributed by atoms with Crippen LogP contribution in [0.1, 0.15) is 24.8 Å². The number of nitrogens with one attached hydrogen (secondary N) is 1. The van der Waals surface area contributed by atoms with E-state index in [9.17, 15) is 0 Å². The van der Waals surface area contributed by atoms with Crippen LogP contribution in [0.5, 0.6) is 0 Å². The van der Waals surface area contributed by atoms with Crippen molar-refractivity contribution in [2.45, 2.75) is 31.3 Å². The number of aromatic nitrogens is 1. The Kier molecular flexibility index (Phi) is 4.42. The van der Waals surface area contributed by atoms with Gasteiger partial charge in [0.25, 0.3) is 0 Å². The lowest BCUT2D eigenvalue weighted by atomic mass is 9.75. The van der Waals surface area contributed by atoms with Crippen LogP contribution in [0.15, 0.2) is 18.3 Å². The second-order valence-corrected chi connectivity index (χ2v) is 5.88. The predicted octanol–water partition coefficient (Wildman–Crippen LogP) is 1.72. The van der Waals surface area contributed by atoms with Crippen LogP contribution in [0, 0.1) is 0 Å². The van der Waals surface area contributed by atoms with E-state index < -0.39 is 0 Å². The van der Waals surface area contributed by atoms with Crippen LogP contribution in [-0.2, 0) is 6.54 Å². The normalized spacial score (nSPS) is 17.3. The number of likely N-dealkylation sites (N-methyl/N-ethyl adjacent to an activating group) is 2. The molecule has 0 aliphatic heterocycles. The second-order valence-electron chi connectivity index (χ2n) is 5.88. The van der Waals surface area contributed by atoms with E-state index in [0.717, 1.165) is 18.9 Å². The van der Waals surface area contributed by atoms with Crippen molar-refractivity contribution in [3.05, 3.63) is 23.9 Å². The lowest BCUT2D eigenvalue weighted by molar-refractivity contribution is 0.0682. The Bertz CT molecular complexity index is 412. The Morgan fingerprint density at radius 2 is 2.05 bits per heavy atom. The van der Waals surface area contributed by atoms with Gasteiger partial charge in [-0.1, -0.05) is 0 Å². The van der Waals surface area contributed by atoms with Gasteiger partial charge in [0.15, 0.2) is 0 Å². The van der Waals surface area contributed by atoms with Crippen LogP contribution in [0.3, 0.4) is 0 Å². The van der Waals surface area contributed by atoms with Crippen molar-refractivity contribution in [1.82, 2.24) is 15.2 Å². The van der Waals surface area contributed by atoms with Crippen LogP contribution >= 0.6 is 0 Å². The number of pyridine rings is 1. The maximum atomic E-state index is 4.50. The quantitative estimate of drug-likeness (QED) is 0.846. The minimum absolute atomic E-state index is 0.343. The van der Waals surface area contributed by atoms with Gasteiger partial charge in [0.2, 0.25) is 0 Å². The minimum atomic E-state index is 0.343. The summed E-state index contributed by atoms with van der Waals surface area (Å²) >= 11 is 0. The molecule has 1 fully saturated rings. The fourth-order valence-electron chi connectivity index (χ4n) is 2.84. The lowest BCUT2D eigenvalue weighted by Gasteiger charge is -2.49.